The Morgan fingerprint density at radius 2 is 1.78 bits per heavy atom. The number of likely N-dealkylation sites (tertiary alicyclic amines) is 1. The van der Waals surface area contributed by atoms with E-state index in [1.54, 1.807) is 11.8 Å². The Morgan fingerprint density at radius 1 is 1.07 bits per heavy atom. The number of nitrogens with two attached hydrogens (primary N) is 1. The van der Waals surface area contributed by atoms with E-state index in [1.807, 2.05) is 18.2 Å². The molecule has 1 saturated heterocycles. The fourth-order valence-corrected chi connectivity index (χ4v) is 11.2. The van der Waals surface area contributed by atoms with E-state index in [2.05, 4.69) is 32.3 Å². The summed E-state index contributed by atoms with van der Waals surface area (Å²) in [4.78, 5) is 57.4. The molecule has 0 radical (unpaired) electrons. The minimum absolute atomic E-state index is 0.0403. The third-order valence-electron chi connectivity index (χ3n) is 8.79. The number of sulfonamides is 1. The molecule has 212 valence electrons. The van der Waals surface area contributed by atoms with Crippen LogP contribution in [0, 0.1) is 29.6 Å². The predicted octanol–water partition coefficient (Wildman–Crippen LogP) is 2.96. The normalized spacial score (nSPS) is 29.8. The molecule has 3 heterocycles. The fourth-order valence-electron chi connectivity index (χ4n) is 7.38. The number of carbonyl (C=O) groups excluding carboxylic acids is 3. The van der Waals surface area contributed by atoms with Crippen molar-refractivity contribution in [2.45, 2.75) is 27.5 Å². The van der Waals surface area contributed by atoms with Crippen LogP contribution in [-0.2, 0) is 24.4 Å². The van der Waals surface area contributed by atoms with Crippen LogP contribution in [0.4, 0.5) is 5.69 Å². The highest BCUT2D eigenvalue weighted by Crippen LogP contribution is 2.68. The second-order valence-corrected chi connectivity index (χ2v) is 15.6. The molecule has 0 spiro atoms. The average molecular weight is 676 g/mol. The predicted molar refractivity (Wildman–Crippen MR) is 156 cm³/mol. The van der Waals surface area contributed by atoms with E-state index < -0.39 is 34.3 Å². The molecule has 2 aliphatic carbocycles. The Bertz CT molecular complexity index is 1790. The largest absolute Gasteiger partial charge is 0.325 e. The van der Waals surface area contributed by atoms with Gasteiger partial charge >= 0.3 is 4.87 Å². The smallest absolute Gasteiger partial charge is 0.305 e. The van der Waals surface area contributed by atoms with Gasteiger partial charge in [-0.3, -0.25) is 24.1 Å². The number of hydrogen-bond acceptors (Lipinski definition) is 8. The number of aromatic nitrogens is 1. The Balaban J connectivity index is 1.15. The fraction of sp³-hybridized carbons (Fsp3) is 0.333. The van der Waals surface area contributed by atoms with Gasteiger partial charge in [-0.05, 0) is 66.1 Å². The van der Waals surface area contributed by atoms with E-state index in [9.17, 15) is 27.6 Å². The number of H-pyrrole nitrogens is 1. The first kappa shape index (κ1) is 27.1. The van der Waals surface area contributed by atoms with Crippen molar-refractivity contribution in [1.82, 2.24) is 9.88 Å². The number of carbonyl (C=O) groups is 3. The topological polar surface area (TPSA) is 159 Å². The molecule has 7 rings (SSSR count). The summed E-state index contributed by atoms with van der Waals surface area (Å²) in [5.74, 6) is -2.28. The molecule has 2 aliphatic heterocycles. The standard InChI is InChI=1S/C27H23BrN4O6S3/c28-12-3-1-2-11(8-12)18-19-15-9-16(22(19)39-24-23(18)40-27(36)31-24)21-20(15)25(34)32(26(21)35)10-17(33)30-13-4-6-14(7-5-13)41(29,37)38/h1-8,15-16,18-22H,9-10H2,(H,30,33)(H,31,36)(H2,29,37,38)/t15?,16?,18-,19?,20?,21?,22?/m1/s1. The van der Waals surface area contributed by atoms with Crippen LogP contribution in [0.15, 0.2) is 67.7 Å². The number of aromatic amines is 1. The number of imide groups is 1. The summed E-state index contributed by atoms with van der Waals surface area (Å²) in [6, 6.07) is 13.4. The zero-order chi connectivity index (χ0) is 28.8. The number of benzene rings is 2. The second kappa shape index (κ2) is 9.63. The van der Waals surface area contributed by atoms with Crippen LogP contribution in [0.2, 0.25) is 0 Å². The zero-order valence-electron chi connectivity index (χ0n) is 21.2. The number of halogens is 1. The first-order valence-electron chi connectivity index (χ1n) is 12.9. The van der Waals surface area contributed by atoms with Gasteiger partial charge in [0.05, 0.1) is 21.8 Å². The van der Waals surface area contributed by atoms with Crippen LogP contribution in [0.3, 0.4) is 0 Å². The highest BCUT2D eigenvalue weighted by Gasteiger charge is 2.69. The number of nitrogens with one attached hydrogen (secondary N) is 2. The average Bonchev–Trinajstić information content (AvgIpc) is 3.64. The van der Waals surface area contributed by atoms with Gasteiger partial charge in [0.2, 0.25) is 27.7 Å². The molecule has 41 heavy (non-hydrogen) atoms. The minimum atomic E-state index is -3.87. The first-order chi connectivity index (χ1) is 19.5. The summed E-state index contributed by atoms with van der Waals surface area (Å²) in [6.07, 6.45) is 0.759. The third kappa shape index (κ3) is 4.33. The van der Waals surface area contributed by atoms with Gasteiger partial charge in [-0.2, -0.15) is 0 Å². The third-order valence-corrected chi connectivity index (χ3v) is 12.8. The lowest BCUT2D eigenvalue weighted by Gasteiger charge is -2.43. The number of anilines is 1. The van der Waals surface area contributed by atoms with Crippen molar-refractivity contribution in [3.05, 3.63) is 73.1 Å². The van der Waals surface area contributed by atoms with Gasteiger partial charge in [-0.15, -0.1) is 11.8 Å². The summed E-state index contributed by atoms with van der Waals surface area (Å²) in [5, 5.41) is 8.65. The van der Waals surface area contributed by atoms with Crippen LogP contribution in [-0.4, -0.2) is 47.8 Å². The second-order valence-electron chi connectivity index (χ2n) is 10.9. The van der Waals surface area contributed by atoms with Crippen LogP contribution in [0.1, 0.15) is 22.8 Å². The number of thiazole rings is 1. The van der Waals surface area contributed by atoms with Gasteiger partial charge in [0, 0.05) is 26.2 Å². The maximum atomic E-state index is 13.7. The molecular weight excluding hydrogens is 652 g/mol. The van der Waals surface area contributed by atoms with E-state index in [-0.39, 0.29) is 50.5 Å². The van der Waals surface area contributed by atoms with Gasteiger partial charge in [0.25, 0.3) is 0 Å². The highest BCUT2D eigenvalue weighted by atomic mass is 79.9. The molecule has 2 aromatic carbocycles. The van der Waals surface area contributed by atoms with Gasteiger partial charge < -0.3 is 10.3 Å². The van der Waals surface area contributed by atoms with Crippen molar-refractivity contribution in [1.29, 1.82) is 0 Å². The van der Waals surface area contributed by atoms with Crippen LogP contribution >= 0.6 is 39.0 Å². The molecule has 3 fully saturated rings. The maximum Gasteiger partial charge on any atom is 0.305 e. The molecule has 7 atom stereocenters. The molecule has 4 aliphatic rings. The number of fused-ring (bicyclic) bond motifs is 9. The number of hydrogen-bond donors (Lipinski definition) is 3. The molecule has 4 N–H and O–H groups in total. The van der Waals surface area contributed by atoms with E-state index in [4.69, 9.17) is 5.14 Å². The molecule has 2 bridgehead atoms. The Morgan fingerprint density at radius 3 is 2.46 bits per heavy atom. The zero-order valence-corrected chi connectivity index (χ0v) is 25.2. The molecular formula is C27H23BrN4O6S3. The van der Waals surface area contributed by atoms with Gasteiger partial charge in [-0.1, -0.05) is 39.4 Å². The van der Waals surface area contributed by atoms with E-state index >= 15 is 0 Å². The molecule has 3 amide bonds. The molecule has 3 aromatic rings. The monoisotopic (exact) mass is 674 g/mol. The van der Waals surface area contributed by atoms with Crippen molar-refractivity contribution < 1.29 is 22.8 Å². The molecule has 2 saturated carbocycles. The van der Waals surface area contributed by atoms with Crippen molar-refractivity contribution in [3.8, 4) is 0 Å². The summed E-state index contributed by atoms with van der Waals surface area (Å²) in [7, 11) is -3.87. The Hall–Kier alpha value is -2.78. The van der Waals surface area contributed by atoms with Crippen molar-refractivity contribution >= 4 is 72.5 Å². The van der Waals surface area contributed by atoms with E-state index in [0.717, 1.165) is 31.3 Å². The minimum Gasteiger partial charge on any atom is -0.325 e. The van der Waals surface area contributed by atoms with Crippen LogP contribution in [0.25, 0.3) is 0 Å². The van der Waals surface area contributed by atoms with Crippen molar-refractivity contribution in [2.75, 3.05) is 11.9 Å². The van der Waals surface area contributed by atoms with Crippen molar-refractivity contribution in [2.24, 2.45) is 34.7 Å². The number of amides is 3. The lowest BCUT2D eigenvalue weighted by Crippen LogP contribution is -2.42. The van der Waals surface area contributed by atoms with Gasteiger partial charge in [0.15, 0.2) is 0 Å². The Kier molecular flexibility index (Phi) is 6.36. The summed E-state index contributed by atoms with van der Waals surface area (Å²) >= 11 is 6.40. The molecule has 14 heteroatoms. The lowest BCUT2D eigenvalue weighted by molar-refractivity contribution is -0.143. The molecule has 6 unspecified atom stereocenters. The maximum absolute atomic E-state index is 13.7. The van der Waals surface area contributed by atoms with Crippen LogP contribution < -0.4 is 15.3 Å². The van der Waals surface area contributed by atoms with Gasteiger partial charge in [0.1, 0.15) is 6.54 Å². The SMILES string of the molecule is NS(=O)(=O)c1ccc(NC(=O)CN2C(=O)C3C4CC(C3C2=O)C2C4Sc3[nH]c(=O)sc3[C@@H]2c2cccc(Br)c2)cc1. The molecule has 1 aromatic heterocycles. The van der Waals surface area contributed by atoms with E-state index in [0.29, 0.717) is 5.69 Å². The number of primary sulfonamides is 1. The quantitative estimate of drug-likeness (QED) is 0.351. The number of rotatable bonds is 5. The first-order valence-corrected chi connectivity index (χ1v) is 17.0. The van der Waals surface area contributed by atoms with Crippen LogP contribution in [0.5, 0.6) is 0 Å². The van der Waals surface area contributed by atoms with Gasteiger partial charge in [-0.25, -0.2) is 13.6 Å². The van der Waals surface area contributed by atoms with Crippen molar-refractivity contribution in [3.63, 3.8) is 0 Å². The summed E-state index contributed by atoms with van der Waals surface area (Å²) < 4.78 is 23.9. The number of nitrogens with zero attached hydrogens (tertiary/aromatic N) is 1. The molecule has 10 nitrogen and oxygen atoms in total. The van der Waals surface area contributed by atoms with E-state index in [1.165, 1.54) is 35.6 Å². The summed E-state index contributed by atoms with van der Waals surface area (Å²) in [5.41, 5.74) is 1.39. The number of thioether (sulfide) groups is 1. The highest BCUT2D eigenvalue weighted by molar-refractivity contribution is 9.10. The lowest BCUT2D eigenvalue weighted by atomic mass is 9.68. The summed E-state index contributed by atoms with van der Waals surface area (Å²) in [6.45, 7) is -0.417. The Labute approximate surface area is 251 Å².